The number of rotatable bonds is 5. The van der Waals surface area contributed by atoms with Gasteiger partial charge in [-0.1, -0.05) is 17.7 Å². The van der Waals surface area contributed by atoms with Crippen LogP contribution in [0.3, 0.4) is 0 Å². The zero-order valence-corrected chi connectivity index (χ0v) is 15.7. The van der Waals surface area contributed by atoms with E-state index in [4.69, 9.17) is 11.6 Å². The summed E-state index contributed by atoms with van der Waals surface area (Å²) in [6.45, 7) is 2.91. The number of halogens is 1. The zero-order valence-electron chi connectivity index (χ0n) is 15.0. The molecule has 1 aromatic carbocycles. The number of amides is 2. The summed E-state index contributed by atoms with van der Waals surface area (Å²) in [5.74, 6) is -0.339. The van der Waals surface area contributed by atoms with Crippen LogP contribution in [0.1, 0.15) is 17.5 Å². The van der Waals surface area contributed by atoms with Crippen molar-refractivity contribution in [3.63, 3.8) is 0 Å². The Morgan fingerprint density at radius 3 is 2.77 bits per heavy atom. The number of hydrogen-bond acceptors (Lipinski definition) is 3. The molecule has 2 aromatic rings. The summed E-state index contributed by atoms with van der Waals surface area (Å²) < 4.78 is 0. The second-order valence-electron chi connectivity index (χ2n) is 6.65. The van der Waals surface area contributed by atoms with E-state index in [9.17, 15) is 9.59 Å². The van der Waals surface area contributed by atoms with E-state index in [-0.39, 0.29) is 24.2 Å². The molecule has 5 nitrogen and oxygen atoms in total. The summed E-state index contributed by atoms with van der Waals surface area (Å²) in [5, 5.41) is 0.625. The second-order valence-corrected chi connectivity index (χ2v) is 7.06. The largest absolute Gasteiger partial charge is 0.345 e. The van der Waals surface area contributed by atoms with Gasteiger partial charge >= 0.3 is 0 Å². The molecule has 0 spiro atoms. The summed E-state index contributed by atoms with van der Waals surface area (Å²) in [7, 11) is 1.79. The Hall–Kier alpha value is -2.40. The first-order valence-corrected chi connectivity index (χ1v) is 9.04. The monoisotopic (exact) mass is 371 g/mol. The first-order chi connectivity index (χ1) is 12.5. The highest BCUT2D eigenvalue weighted by molar-refractivity contribution is 6.31. The van der Waals surface area contributed by atoms with Crippen molar-refractivity contribution in [1.29, 1.82) is 0 Å². The molecule has 1 saturated heterocycles. The second kappa shape index (κ2) is 7.87. The highest BCUT2D eigenvalue weighted by Gasteiger charge is 2.37. The Morgan fingerprint density at radius 1 is 1.31 bits per heavy atom. The van der Waals surface area contributed by atoms with Crippen LogP contribution in [0.25, 0.3) is 0 Å². The van der Waals surface area contributed by atoms with Crippen LogP contribution in [-0.4, -0.2) is 41.8 Å². The molecular weight excluding hydrogens is 350 g/mol. The molecule has 6 heteroatoms. The number of likely N-dealkylation sites (N-methyl/N-ethyl adjacent to an activating group) is 1. The molecule has 0 aliphatic carbocycles. The molecule has 26 heavy (non-hydrogen) atoms. The van der Waals surface area contributed by atoms with Crippen molar-refractivity contribution >= 4 is 29.1 Å². The van der Waals surface area contributed by atoms with Gasteiger partial charge in [0.05, 0.1) is 5.92 Å². The van der Waals surface area contributed by atoms with Gasteiger partial charge in [0, 0.05) is 49.7 Å². The quantitative estimate of drug-likeness (QED) is 0.811. The first-order valence-electron chi connectivity index (χ1n) is 8.66. The third-order valence-electron chi connectivity index (χ3n) is 4.87. The molecule has 2 amide bonds. The lowest BCUT2D eigenvalue weighted by Gasteiger charge is -2.22. The molecule has 0 radical (unpaired) electrons. The van der Waals surface area contributed by atoms with Crippen LogP contribution < -0.4 is 4.90 Å². The number of hydrogen-bond donors (Lipinski definition) is 0. The molecule has 2 heterocycles. The van der Waals surface area contributed by atoms with Crippen LogP contribution in [0, 0.1) is 12.8 Å². The predicted octanol–water partition coefficient (Wildman–Crippen LogP) is 3.10. The van der Waals surface area contributed by atoms with Crippen molar-refractivity contribution in [3.05, 3.63) is 58.9 Å². The summed E-state index contributed by atoms with van der Waals surface area (Å²) in [5.41, 5.74) is 2.79. The summed E-state index contributed by atoms with van der Waals surface area (Å²) >= 11 is 6.17. The molecule has 1 unspecified atom stereocenters. The van der Waals surface area contributed by atoms with Crippen molar-refractivity contribution in [2.45, 2.75) is 19.8 Å². The molecule has 0 saturated carbocycles. The maximum absolute atomic E-state index is 12.7. The highest BCUT2D eigenvalue weighted by atomic mass is 35.5. The van der Waals surface area contributed by atoms with Crippen molar-refractivity contribution in [2.24, 2.45) is 5.92 Å². The number of anilines is 1. The van der Waals surface area contributed by atoms with E-state index >= 15 is 0 Å². The number of pyridine rings is 1. The topological polar surface area (TPSA) is 53.5 Å². The van der Waals surface area contributed by atoms with E-state index in [2.05, 4.69) is 4.98 Å². The maximum Gasteiger partial charge on any atom is 0.227 e. The van der Waals surface area contributed by atoms with Crippen molar-refractivity contribution < 1.29 is 9.59 Å². The van der Waals surface area contributed by atoms with Crippen molar-refractivity contribution in [1.82, 2.24) is 9.88 Å². The predicted molar refractivity (Wildman–Crippen MR) is 102 cm³/mol. The molecule has 1 aromatic heterocycles. The van der Waals surface area contributed by atoms with E-state index in [1.54, 1.807) is 35.3 Å². The number of benzene rings is 1. The molecule has 1 atom stereocenters. The number of aromatic nitrogens is 1. The van der Waals surface area contributed by atoms with Gasteiger partial charge in [-0.2, -0.15) is 0 Å². The van der Waals surface area contributed by atoms with Gasteiger partial charge in [-0.05, 0) is 48.7 Å². The van der Waals surface area contributed by atoms with E-state index in [0.29, 0.717) is 18.1 Å². The molecule has 1 fully saturated rings. The Labute approximate surface area is 158 Å². The van der Waals surface area contributed by atoms with E-state index in [1.165, 1.54) is 0 Å². The lowest BCUT2D eigenvalue weighted by molar-refractivity contribution is -0.134. The summed E-state index contributed by atoms with van der Waals surface area (Å²) in [6, 6.07) is 9.39. The SMILES string of the molecule is Cc1c(Cl)cccc1N1CC(C(=O)N(C)CCc2ccncc2)CC1=O. The lowest BCUT2D eigenvalue weighted by Crippen LogP contribution is -2.36. The van der Waals surface area contributed by atoms with Crippen LogP contribution >= 0.6 is 11.6 Å². The number of nitrogens with zero attached hydrogens (tertiary/aromatic N) is 3. The van der Waals surface area contributed by atoms with Gasteiger partial charge in [0.1, 0.15) is 0 Å². The Balaban J connectivity index is 1.64. The van der Waals surface area contributed by atoms with Crippen LogP contribution in [0.5, 0.6) is 0 Å². The average molecular weight is 372 g/mol. The average Bonchev–Trinajstić information content (AvgIpc) is 3.03. The lowest BCUT2D eigenvalue weighted by atomic mass is 10.1. The van der Waals surface area contributed by atoms with Gasteiger partial charge in [-0.15, -0.1) is 0 Å². The molecular formula is C20H22ClN3O2. The minimum Gasteiger partial charge on any atom is -0.345 e. The summed E-state index contributed by atoms with van der Waals surface area (Å²) in [6.07, 6.45) is 4.50. The fourth-order valence-corrected chi connectivity index (χ4v) is 3.43. The molecule has 0 N–H and O–H groups in total. The van der Waals surface area contributed by atoms with Gasteiger partial charge in [-0.3, -0.25) is 14.6 Å². The Morgan fingerprint density at radius 2 is 2.04 bits per heavy atom. The van der Waals surface area contributed by atoms with Gasteiger partial charge in [0.15, 0.2) is 0 Å². The fraction of sp³-hybridized carbons (Fsp3) is 0.350. The first kappa shape index (κ1) is 18.4. The maximum atomic E-state index is 12.7. The Kier molecular flexibility index (Phi) is 5.57. The van der Waals surface area contributed by atoms with E-state index < -0.39 is 0 Å². The van der Waals surface area contributed by atoms with E-state index in [0.717, 1.165) is 23.2 Å². The van der Waals surface area contributed by atoms with Gasteiger partial charge in [0.2, 0.25) is 11.8 Å². The minimum atomic E-state index is -0.316. The third kappa shape index (κ3) is 3.88. The molecule has 0 bridgehead atoms. The van der Waals surface area contributed by atoms with Gasteiger partial charge in [-0.25, -0.2) is 0 Å². The molecule has 1 aliphatic heterocycles. The van der Waals surface area contributed by atoms with Crippen LogP contribution in [-0.2, 0) is 16.0 Å². The molecule has 3 rings (SSSR count). The smallest absolute Gasteiger partial charge is 0.227 e. The van der Waals surface area contributed by atoms with Gasteiger partial charge < -0.3 is 9.80 Å². The number of carbonyl (C=O) groups excluding carboxylic acids is 2. The molecule has 136 valence electrons. The number of carbonyl (C=O) groups is 2. The normalized spacial score (nSPS) is 16.8. The Bertz CT molecular complexity index is 810. The standard InChI is InChI=1S/C20H22ClN3O2/c1-14-17(21)4-3-5-18(14)24-13-16(12-19(24)25)20(26)23(2)11-8-15-6-9-22-10-7-15/h3-7,9-10,16H,8,11-13H2,1-2H3. The van der Waals surface area contributed by atoms with Crippen LogP contribution in [0.2, 0.25) is 5.02 Å². The highest BCUT2D eigenvalue weighted by Crippen LogP contribution is 2.31. The van der Waals surface area contributed by atoms with Crippen LogP contribution in [0.4, 0.5) is 5.69 Å². The molecule has 1 aliphatic rings. The van der Waals surface area contributed by atoms with Crippen molar-refractivity contribution in [3.8, 4) is 0 Å². The van der Waals surface area contributed by atoms with Crippen molar-refractivity contribution in [2.75, 3.05) is 25.0 Å². The minimum absolute atomic E-state index is 0.00888. The van der Waals surface area contributed by atoms with E-state index in [1.807, 2.05) is 31.2 Å². The zero-order chi connectivity index (χ0) is 18.7. The van der Waals surface area contributed by atoms with Crippen LogP contribution in [0.15, 0.2) is 42.7 Å². The third-order valence-corrected chi connectivity index (χ3v) is 5.28. The summed E-state index contributed by atoms with van der Waals surface area (Å²) in [4.78, 5) is 32.6. The fourth-order valence-electron chi connectivity index (χ4n) is 3.26. The van der Waals surface area contributed by atoms with Gasteiger partial charge in [0.25, 0.3) is 0 Å².